The fourth-order valence-electron chi connectivity index (χ4n) is 8.52. The maximum absolute atomic E-state index is 10.2. The van der Waals surface area contributed by atoms with Gasteiger partial charge in [0.1, 0.15) is 23.0 Å². The third-order valence-electron chi connectivity index (χ3n) is 10.6. The lowest BCUT2D eigenvalue weighted by Crippen LogP contribution is -2.35. The summed E-state index contributed by atoms with van der Waals surface area (Å²) in [6.07, 6.45) is 8.52. The Morgan fingerprint density at radius 2 is 1.33 bits per heavy atom. The molecule has 2 aliphatic rings. The lowest BCUT2D eigenvalue weighted by atomic mass is 9.69. The molecular formula is C45H40O4. The molecule has 0 atom stereocenters. The second-order valence-electron chi connectivity index (χ2n) is 13.4. The Bertz CT molecular complexity index is 2160. The van der Waals surface area contributed by atoms with Crippen molar-refractivity contribution < 1.29 is 19.7 Å². The van der Waals surface area contributed by atoms with Gasteiger partial charge in [0, 0.05) is 27.5 Å². The first kappa shape index (κ1) is 30.8. The number of phenols is 2. The number of hydrogen-bond donors (Lipinski definition) is 2. The monoisotopic (exact) mass is 644 g/mol. The van der Waals surface area contributed by atoms with E-state index in [0.29, 0.717) is 0 Å². The maximum atomic E-state index is 10.2. The highest BCUT2D eigenvalue weighted by Crippen LogP contribution is 2.61. The summed E-state index contributed by atoms with van der Waals surface area (Å²) in [5, 5.41) is 22.6. The predicted octanol–water partition coefficient (Wildman–Crippen LogP) is 11.1. The molecule has 49 heavy (non-hydrogen) atoms. The molecule has 0 spiro atoms. The summed E-state index contributed by atoms with van der Waals surface area (Å²) in [7, 11) is 1.72. The normalized spacial score (nSPS) is 14.9. The van der Waals surface area contributed by atoms with Crippen molar-refractivity contribution in [3.63, 3.8) is 0 Å². The quantitative estimate of drug-likeness (QED) is 0.173. The topological polar surface area (TPSA) is 58.9 Å². The molecule has 0 saturated heterocycles. The van der Waals surface area contributed by atoms with Crippen molar-refractivity contribution in [3.8, 4) is 45.3 Å². The van der Waals surface area contributed by atoms with Crippen LogP contribution in [0.1, 0.15) is 67.3 Å². The molecule has 4 heteroatoms. The minimum Gasteiger partial charge on any atom is -0.508 e. The number of ether oxygens (including phenoxy) is 2. The van der Waals surface area contributed by atoms with E-state index < -0.39 is 5.60 Å². The molecule has 1 heterocycles. The summed E-state index contributed by atoms with van der Waals surface area (Å²) in [5.41, 5.74) is 9.34. The Morgan fingerprint density at radius 3 is 1.94 bits per heavy atom. The molecule has 4 nitrogen and oxygen atoms in total. The zero-order valence-electron chi connectivity index (χ0n) is 28.2. The van der Waals surface area contributed by atoms with Crippen LogP contribution in [0.25, 0.3) is 39.1 Å². The van der Waals surface area contributed by atoms with Crippen molar-refractivity contribution in [2.45, 2.75) is 50.5 Å². The van der Waals surface area contributed by atoms with E-state index in [0.717, 1.165) is 64.6 Å². The van der Waals surface area contributed by atoms with E-state index in [4.69, 9.17) is 9.47 Å². The average Bonchev–Trinajstić information content (AvgIpc) is 3.41. The van der Waals surface area contributed by atoms with Crippen LogP contribution < -0.4 is 9.47 Å². The van der Waals surface area contributed by atoms with E-state index in [1.165, 1.54) is 33.4 Å². The molecule has 6 aromatic rings. The van der Waals surface area contributed by atoms with Gasteiger partial charge < -0.3 is 19.7 Å². The van der Waals surface area contributed by atoms with E-state index in [1.807, 2.05) is 30.3 Å². The minimum absolute atomic E-state index is 0.191. The van der Waals surface area contributed by atoms with Gasteiger partial charge in [0.2, 0.25) is 0 Å². The van der Waals surface area contributed by atoms with Crippen LogP contribution >= 0.6 is 0 Å². The Morgan fingerprint density at radius 1 is 0.673 bits per heavy atom. The molecule has 0 unspecified atom stereocenters. The number of hydrogen-bond acceptors (Lipinski definition) is 4. The number of fused-ring (bicyclic) bond motifs is 8. The highest BCUT2D eigenvalue weighted by molar-refractivity contribution is 6.09. The van der Waals surface area contributed by atoms with Gasteiger partial charge in [0.15, 0.2) is 5.60 Å². The summed E-state index contributed by atoms with van der Waals surface area (Å²) >= 11 is 0. The van der Waals surface area contributed by atoms with E-state index in [-0.39, 0.29) is 16.9 Å². The molecular weight excluding hydrogens is 604 g/mol. The molecule has 1 aliphatic heterocycles. The Labute approximate surface area is 287 Å². The molecule has 244 valence electrons. The van der Waals surface area contributed by atoms with Crippen LogP contribution in [0.2, 0.25) is 0 Å². The standard InChI is InChI=1S/C45H40O4/c1-4-24-44(25-5-2)40-27-30(29-9-7-6-8-10-29)11-21-37(40)41-39-28-35(48-3)20-22-36(39)43-38(42(41)44)23-26-45(49-43,31-12-16-33(46)17-13-31)32-14-18-34(47)19-15-32/h6-23,26-28,46-47H,4-5,24-25H2,1-3H3. The fraction of sp³-hybridized carbons (Fsp3) is 0.200. The molecule has 0 saturated carbocycles. The zero-order valence-corrected chi connectivity index (χ0v) is 28.2. The molecule has 1 aliphatic carbocycles. The first-order valence-corrected chi connectivity index (χ1v) is 17.3. The number of aromatic hydroxyl groups is 2. The van der Waals surface area contributed by atoms with E-state index >= 15 is 0 Å². The molecule has 0 aromatic heterocycles. The molecule has 0 amide bonds. The fourth-order valence-corrected chi connectivity index (χ4v) is 8.52. The van der Waals surface area contributed by atoms with Crippen molar-refractivity contribution >= 4 is 16.8 Å². The minimum atomic E-state index is -1.00. The Kier molecular flexibility index (Phi) is 7.48. The van der Waals surface area contributed by atoms with E-state index in [1.54, 1.807) is 31.4 Å². The van der Waals surface area contributed by atoms with Crippen LogP contribution in [0.4, 0.5) is 0 Å². The molecule has 0 fully saturated rings. The number of rotatable bonds is 8. The van der Waals surface area contributed by atoms with Crippen molar-refractivity contribution in [3.05, 3.63) is 149 Å². The van der Waals surface area contributed by atoms with Gasteiger partial charge in [0.05, 0.1) is 7.11 Å². The van der Waals surface area contributed by atoms with Crippen molar-refractivity contribution in [2.75, 3.05) is 7.11 Å². The van der Waals surface area contributed by atoms with Crippen LogP contribution in [-0.4, -0.2) is 17.3 Å². The van der Waals surface area contributed by atoms with Gasteiger partial charge in [-0.3, -0.25) is 0 Å². The molecule has 0 radical (unpaired) electrons. The smallest absolute Gasteiger partial charge is 0.178 e. The Balaban J connectivity index is 1.46. The first-order valence-electron chi connectivity index (χ1n) is 17.3. The number of phenolic OH excluding ortho intramolecular Hbond substituents is 2. The number of benzene rings is 6. The van der Waals surface area contributed by atoms with Crippen LogP contribution in [0.5, 0.6) is 23.0 Å². The number of methoxy groups -OCH3 is 1. The highest BCUT2D eigenvalue weighted by Gasteiger charge is 2.47. The van der Waals surface area contributed by atoms with Gasteiger partial charge in [-0.1, -0.05) is 99.5 Å². The van der Waals surface area contributed by atoms with Crippen molar-refractivity contribution in [1.82, 2.24) is 0 Å². The lowest BCUT2D eigenvalue weighted by Gasteiger charge is -2.40. The van der Waals surface area contributed by atoms with Crippen molar-refractivity contribution in [2.24, 2.45) is 0 Å². The predicted molar refractivity (Wildman–Crippen MR) is 199 cm³/mol. The van der Waals surface area contributed by atoms with Gasteiger partial charge >= 0.3 is 0 Å². The van der Waals surface area contributed by atoms with Gasteiger partial charge in [-0.15, -0.1) is 0 Å². The largest absolute Gasteiger partial charge is 0.508 e. The summed E-state index contributed by atoms with van der Waals surface area (Å²) in [6, 6.07) is 38.5. The first-order chi connectivity index (χ1) is 23.9. The maximum Gasteiger partial charge on any atom is 0.178 e. The van der Waals surface area contributed by atoms with Gasteiger partial charge in [-0.25, -0.2) is 0 Å². The average molecular weight is 645 g/mol. The summed E-state index contributed by atoms with van der Waals surface area (Å²) in [5.74, 6) is 2.01. The van der Waals surface area contributed by atoms with Crippen LogP contribution in [-0.2, 0) is 11.0 Å². The summed E-state index contributed by atoms with van der Waals surface area (Å²) in [6.45, 7) is 4.58. The van der Waals surface area contributed by atoms with E-state index in [2.05, 4.69) is 86.7 Å². The van der Waals surface area contributed by atoms with Crippen LogP contribution in [0, 0.1) is 0 Å². The van der Waals surface area contributed by atoms with Gasteiger partial charge in [-0.2, -0.15) is 0 Å². The molecule has 0 bridgehead atoms. The second-order valence-corrected chi connectivity index (χ2v) is 13.4. The zero-order chi connectivity index (χ0) is 33.8. The summed E-state index contributed by atoms with van der Waals surface area (Å²) < 4.78 is 13.3. The van der Waals surface area contributed by atoms with Gasteiger partial charge in [0.25, 0.3) is 0 Å². The third-order valence-corrected chi connectivity index (χ3v) is 10.6. The Hall–Kier alpha value is -5.48. The van der Waals surface area contributed by atoms with Crippen LogP contribution in [0.15, 0.2) is 121 Å². The second kappa shape index (κ2) is 11.9. The van der Waals surface area contributed by atoms with Gasteiger partial charge in [-0.05, 0) is 106 Å². The van der Waals surface area contributed by atoms with Crippen molar-refractivity contribution in [1.29, 1.82) is 0 Å². The lowest BCUT2D eigenvalue weighted by molar-refractivity contribution is 0.163. The van der Waals surface area contributed by atoms with Crippen LogP contribution in [0.3, 0.4) is 0 Å². The highest BCUT2D eigenvalue weighted by atomic mass is 16.5. The summed E-state index contributed by atoms with van der Waals surface area (Å²) in [4.78, 5) is 0. The SMILES string of the molecule is CCCC1(CCC)c2cc(-c3ccccc3)ccc2-c2c1c1c(c3ccc(OC)cc23)OC(c2ccc(O)cc2)(c2ccc(O)cc2)C=C1. The third kappa shape index (κ3) is 4.73. The van der Waals surface area contributed by atoms with E-state index in [9.17, 15) is 10.2 Å². The molecule has 6 aromatic carbocycles. The molecule has 8 rings (SSSR count). The molecule has 2 N–H and O–H groups in total.